The Morgan fingerprint density at radius 1 is 0.500 bits per heavy atom. The summed E-state index contributed by atoms with van der Waals surface area (Å²) in [6.07, 6.45) is 7.63. The van der Waals surface area contributed by atoms with Crippen molar-refractivity contribution >= 4 is 5.91 Å². The van der Waals surface area contributed by atoms with E-state index in [-0.39, 0.29) is 18.9 Å². The molecule has 3 rings (SSSR count). The molecule has 0 aromatic rings. The first-order valence-electron chi connectivity index (χ1n) is 26.2. The zero-order valence-electron chi connectivity index (χ0n) is 41.7. The molecule has 0 aliphatic carbocycles. The predicted molar refractivity (Wildman–Crippen MR) is 259 cm³/mol. The largest absolute Gasteiger partial charge is 0.394 e. The Morgan fingerprint density at radius 3 is 1.49 bits per heavy atom. The van der Waals surface area contributed by atoms with Gasteiger partial charge in [-0.15, -0.1) is 0 Å². The number of nitrogens with one attached hydrogen (secondary N) is 1. The average molecular weight is 1010 g/mol. The molecular weight excluding hydrogens is 915 g/mol. The molecule has 70 heavy (non-hydrogen) atoms. The number of aliphatic hydroxyl groups is 11. The topological polar surface area (TPSA) is 307 Å². The van der Waals surface area contributed by atoms with E-state index in [0.29, 0.717) is 12.8 Å². The minimum Gasteiger partial charge on any atom is -0.394 e. The molecule has 3 fully saturated rings. The van der Waals surface area contributed by atoms with Gasteiger partial charge in [-0.2, -0.15) is 0 Å². The highest BCUT2D eigenvalue weighted by molar-refractivity contribution is 5.76. The van der Waals surface area contributed by atoms with Crippen molar-refractivity contribution in [2.45, 2.75) is 253 Å². The molecule has 12 N–H and O–H groups in total. The lowest BCUT2D eigenvalue weighted by atomic mass is 9.96. The van der Waals surface area contributed by atoms with E-state index < -0.39 is 124 Å². The van der Waals surface area contributed by atoms with Crippen LogP contribution in [-0.2, 0) is 33.2 Å². The minimum atomic E-state index is -1.98. The Labute approximate surface area is 415 Å². The molecule has 17 atom stereocenters. The molecule has 17 unspecified atom stereocenters. The van der Waals surface area contributed by atoms with Crippen LogP contribution < -0.4 is 5.32 Å². The number of hydrogen-bond acceptors (Lipinski definition) is 18. The second-order valence-corrected chi connectivity index (χ2v) is 19.0. The molecule has 408 valence electrons. The van der Waals surface area contributed by atoms with Crippen LogP contribution in [0.3, 0.4) is 0 Å². The van der Waals surface area contributed by atoms with Crippen LogP contribution in [0, 0.1) is 0 Å². The van der Waals surface area contributed by atoms with E-state index in [1.807, 2.05) is 0 Å². The highest BCUT2D eigenvalue weighted by Gasteiger charge is 2.53. The number of aliphatic hydroxyl groups excluding tert-OH is 11. The van der Waals surface area contributed by atoms with Crippen LogP contribution in [-0.4, -0.2) is 193 Å². The molecule has 3 saturated heterocycles. The highest BCUT2D eigenvalue weighted by Crippen LogP contribution is 2.33. The van der Waals surface area contributed by atoms with Gasteiger partial charge in [-0.3, -0.25) is 4.79 Å². The molecule has 0 spiro atoms. The average Bonchev–Trinajstić information content (AvgIpc) is 3.35. The van der Waals surface area contributed by atoms with Gasteiger partial charge in [0.05, 0.1) is 38.6 Å². The quantitative estimate of drug-likeness (QED) is 0.0316. The number of unbranched alkanes of at least 4 members (excludes halogenated alkanes) is 16. The van der Waals surface area contributed by atoms with Crippen LogP contribution in [0.4, 0.5) is 0 Å². The predicted octanol–water partition coefficient (Wildman–Crippen LogP) is 2.20. The third-order valence-electron chi connectivity index (χ3n) is 13.1. The molecule has 0 bridgehead atoms. The number of hydrogen-bond donors (Lipinski definition) is 12. The summed E-state index contributed by atoms with van der Waals surface area (Å²) in [5.74, 6) is -0.297. The van der Waals surface area contributed by atoms with E-state index in [9.17, 15) is 61.0 Å². The first-order valence-corrected chi connectivity index (χ1v) is 26.2. The molecule has 19 nitrogen and oxygen atoms in total. The van der Waals surface area contributed by atoms with Crippen molar-refractivity contribution in [3.63, 3.8) is 0 Å². The van der Waals surface area contributed by atoms with E-state index in [1.165, 1.54) is 64.2 Å². The van der Waals surface area contributed by atoms with E-state index >= 15 is 0 Å². The number of amides is 1. The van der Waals surface area contributed by atoms with Gasteiger partial charge in [-0.1, -0.05) is 127 Å². The smallest absolute Gasteiger partial charge is 0.220 e. The van der Waals surface area contributed by atoms with Gasteiger partial charge >= 0.3 is 0 Å². The van der Waals surface area contributed by atoms with Gasteiger partial charge in [-0.25, -0.2) is 0 Å². The molecule has 0 aromatic carbocycles. The van der Waals surface area contributed by atoms with Gasteiger partial charge in [0.15, 0.2) is 18.9 Å². The van der Waals surface area contributed by atoms with E-state index in [4.69, 9.17) is 28.4 Å². The third-order valence-corrected chi connectivity index (χ3v) is 13.1. The fraction of sp³-hybridized carbons (Fsp3) is 0.863. The second kappa shape index (κ2) is 36.0. The minimum absolute atomic E-state index is 0.229. The van der Waals surface area contributed by atoms with Gasteiger partial charge in [0.1, 0.15) is 73.2 Å². The van der Waals surface area contributed by atoms with Crippen molar-refractivity contribution in [3.05, 3.63) is 36.5 Å². The van der Waals surface area contributed by atoms with Crippen LogP contribution in [0.5, 0.6) is 0 Å². The maximum atomic E-state index is 13.2. The summed E-state index contributed by atoms with van der Waals surface area (Å²) in [5, 5.41) is 119. The van der Waals surface area contributed by atoms with Crippen LogP contribution in [0.2, 0.25) is 0 Å². The number of ether oxygens (including phenoxy) is 6. The Kier molecular flexibility index (Phi) is 32.1. The van der Waals surface area contributed by atoms with Gasteiger partial charge < -0.3 is 89.9 Å². The summed E-state index contributed by atoms with van der Waals surface area (Å²) in [6, 6.07) is -0.987. The lowest BCUT2D eigenvalue weighted by molar-refractivity contribution is -0.379. The van der Waals surface area contributed by atoms with Crippen LogP contribution in [0.1, 0.15) is 149 Å². The Balaban J connectivity index is 1.50. The normalized spacial score (nSPS) is 32.8. The fourth-order valence-corrected chi connectivity index (χ4v) is 8.74. The van der Waals surface area contributed by atoms with Gasteiger partial charge in [0.25, 0.3) is 0 Å². The van der Waals surface area contributed by atoms with Crippen LogP contribution >= 0.6 is 0 Å². The van der Waals surface area contributed by atoms with Crippen LogP contribution in [0.25, 0.3) is 0 Å². The maximum Gasteiger partial charge on any atom is 0.220 e. The molecule has 3 heterocycles. The molecule has 3 aliphatic rings. The Hall–Kier alpha value is -1.99. The monoisotopic (exact) mass is 1010 g/mol. The summed E-state index contributed by atoms with van der Waals surface area (Å²) in [6.45, 7) is 1.54. The summed E-state index contributed by atoms with van der Waals surface area (Å²) >= 11 is 0. The summed E-state index contributed by atoms with van der Waals surface area (Å²) in [4.78, 5) is 13.2. The molecule has 19 heteroatoms. The zero-order chi connectivity index (χ0) is 51.3. The first-order chi connectivity index (χ1) is 33.8. The van der Waals surface area contributed by atoms with Crippen molar-refractivity contribution in [1.82, 2.24) is 5.32 Å². The Bertz CT molecular complexity index is 1440. The van der Waals surface area contributed by atoms with Crippen molar-refractivity contribution in [1.29, 1.82) is 0 Å². The number of carbonyl (C=O) groups is 1. The molecule has 0 radical (unpaired) electrons. The van der Waals surface area contributed by atoms with E-state index in [0.717, 1.165) is 51.4 Å². The maximum absolute atomic E-state index is 13.2. The standard InChI is InChI=1S/C51H91NO18/c1-3-5-7-9-11-12-13-14-15-16-17-18-19-20-21-23-25-27-29-39(57)52-34(35(56)28-26-24-22-10-8-6-4-2)33-65-49-45(63)42(60)47(37(31-54)67-49)70-51-46(64)43(61)48(38(32-55)68-51)69-50-44(62)41(59)40(58)36(30-53)66-50/h8,10,15-16,26,28,34-38,40-51,53-56,58-64H,3-7,9,11-14,17-25,27,29-33H2,1-2H3,(H,52,57)/b10-8+,16-15-,28-26+. The van der Waals surface area contributed by atoms with E-state index in [1.54, 1.807) is 12.2 Å². The van der Waals surface area contributed by atoms with Crippen molar-refractivity contribution in [2.24, 2.45) is 0 Å². The van der Waals surface area contributed by atoms with Crippen molar-refractivity contribution < 1.29 is 89.4 Å². The van der Waals surface area contributed by atoms with Gasteiger partial charge in [0, 0.05) is 6.42 Å². The summed E-state index contributed by atoms with van der Waals surface area (Å²) < 4.78 is 34.0. The van der Waals surface area contributed by atoms with Crippen molar-refractivity contribution in [3.8, 4) is 0 Å². The highest BCUT2D eigenvalue weighted by atomic mass is 16.8. The van der Waals surface area contributed by atoms with Crippen LogP contribution in [0.15, 0.2) is 36.5 Å². The summed E-state index contributed by atoms with van der Waals surface area (Å²) in [5.41, 5.74) is 0. The molecule has 0 aromatic heterocycles. The zero-order valence-corrected chi connectivity index (χ0v) is 41.7. The number of allylic oxidation sites excluding steroid dienone is 5. The fourth-order valence-electron chi connectivity index (χ4n) is 8.74. The number of rotatable bonds is 36. The van der Waals surface area contributed by atoms with E-state index in [2.05, 4.69) is 43.5 Å². The van der Waals surface area contributed by atoms with Gasteiger partial charge in [-0.05, 0) is 51.4 Å². The Morgan fingerprint density at radius 2 is 0.943 bits per heavy atom. The number of carbonyl (C=O) groups excluding carboxylic acids is 1. The molecule has 3 aliphatic heterocycles. The van der Waals surface area contributed by atoms with Crippen molar-refractivity contribution in [2.75, 3.05) is 26.4 Å². The third kappa shape index (κ3) is 21.5. The first kappa shape index (κ1) is 62.3. The lowest BCUT2D eigenvalue weighted by Crippen LogP contribution is -2.66. The van der Waals surface area contributed by atoms with Gasteiger partial charge in [0.2, 0.25) is 5.91 Å². The summed E-state index contributed by atoms with van der Waals surface area (Å²) in [7, 11) is 0. The molecular formula is C51H91NO18. The molecule has 0 saturated carbocycles. The molecule has 1 amide bonds. The SMILES string of the molecule is CCC/C=C/CC/C=C/C(O)C(COC1OC(CO)C(OC2OC(CO)C(OC3OC(CO)C(O)C(O)C3O)C(O)C2O)C(O)C1O)NC(=O)CCCCCCCCC/C=C\CCCCCCCCC. The second-order valence-electron chi connectivity index (χ2n) is 19.0. The lowest BCUT2D eigenvalue weighted by Gasteiger charge is -2.48.